The Balaban J connectivity index is 1.67. The quantitative estimate of drug-likeness (QED) is 0.540. The minimum absolute atomic E-state index is 0.0100. The molecule has 0 bridgehead atoms. The van der Waals surface area contributed by atoms with E-state index >= 15 is 0 Å². The van der Waals surface area contributed by atoms with Crippen LogP contribution in [0.2, 0.25) is 0 Å². The fourth-order valence-corrected chi connectivity index (χ4v) is 9.23. The van der Waals surface area contributed by atoms with Crippen LogP contribution in [0.3, 0.4) is 0 Å². The fourth-order valence-electron chi connectivity index (χ4n) is 9.23. The molecule has 2 fully saturated rings. The smallest absolute Gasteiger partial charge is 0.312 e. The number of hydrogen-bond donors (Lipinski definition) is 3. The first kappa shape index (κ1) is 23.1. The van der Waals surface area contributed by atoms with Crippen LogP contribution >= 0.6 is 0 Å². The van der Waals surface area contributed by atoms with Crippen LogP contribution in [0.5, 0.6) is 0 Å². The van der Waals surface area contributed by atoms with Crippen molar-refractivity contribution >= 4 is 11.5 Å². The average molecular weight is 453 g/mol. The van der Waals surface area contributed by atoms with Gasteiger partial charge in [0.15, 0.2) is 0 Å². The highest BCUT2D eigenvalue weighted by Gasteiger charge is 2.69. The van der Waals surface area contributed by atoms with E-state index in [0.717, 1.165) is 32.1 Å². The van der Waals surface area contributed by atoms with Crippen LogP contribution < -0.4 is 0 Å². The molecule has 1 aromatic rings. The first-order valence-electron chi connectivity index (χ1n) is 12.7. The summed E-state index contributed by atoms with van der Waals surface area (Å²) in [6, 6.07) is 4.56. The normalized spacial score (nSPS) is 46.4. The molecule has 5 rings (SSSR count). The lowest BCUT2D eigenvalue weighted by Gasteiger charge is -2.69. The maximum absolute atomic E-state index is 12.5. The number of carbonyl (C=O) groups is 1. The summed E-state index contributed by atoms with van der Waals surface area (Å²) < 4.78 is 0. The summed E-state index contributed by atoms with van der Waals surface area (Å²) in [4.78, 5) is 12.5. The van der Waals surface area contributed by atoms with Gasteiger partial charge in [0.1, 0.15) is 0 Å². The summed E-state index contributed by atoms with van der Waals surface area (Å²) in [7, 11) is 0. The number of carboxylic acid groups (broad SMARTS) is 1. The van der Waals surface area contributed by atoms with Gasteiger partial charge in [-0.25, -0.2) is 0 Å². The number of aliphatic carboxylic acids is 1. The molecule has 4 heteroatoms. The lowest BCUT2D eigenvalue weighted by atomic mass is 9.35. The van der Waals surface area contributed by atoms with Gasteiger partial charge in [0, 0.05) is 0 Å². The van der Waals surface area contributed by atoms with Crippen LogP contribution in [0.4, 0.5) is 0 Å². The van der Waals surface area contributed by atoms with Crippen molar-refractivity contribution in [3.05, 3.63) is 40.5 Å². The molecule has 33 heavy (non-hydrogen) atoms. The molecule has 0 unspecified atom stereocenters. The van der Waals surface area contributed by atoms with Crippen LogP contribution in [0.1, 0.15) is 82.1 Å². The Labute approximate surface area is 198 Å². The number of benzene rings is 1. The highest BCUT2D eigenvalue weighted by molar-refractivity contribution is 5.79. The van der Waals surface area contributed by atoms with Crippen molar-refractivity contribution in [2.75, 3.05) is 0 Å². The zero-order valence-electron chi connectivity index (χ0n) is 21.0. The summed E-state index contributed by atoms with van der Waals surface area (Å²) in [6.07, 6.45) is 5.50. The molecule has 0 spiro atoms. The van der Waals surface area contributed by atoms with Crippen LogP contribution in [-0.2, 0) is 11.2 Å². The van der Waals surface area contributed by atoms with E-state index in [2.05, 4.69) is 52.8 Å². The summed E-state index contributed by atoms with van der Waals surface area (Å²) in [6.45, 7) is 13.2. The number of aliphatic hydroxyl groups excluding tert-OH is 2. The zero-order valence-corrected chi connectivity index (χ0v) is 21.0. The molecule has 0 aromatic heterocycles. The van der Waals surface area contributed by atoms with Gasteiger partial charge in [-0.05, 0) is 115 Å². The van der Waals surface area contributed by atoms with E-state index in [1.165, 1.54) is 27.8 Å². The van der Waals surface area contributed by atoms with E-state index in [1.807, 2.05) is 0 Å². The van der Waals surface area contributed by atoms with Gasteiger partial charge in [0.05, 0.1) is 17.6 Å². The van der Waals surface area contributed by atoms with Crippen molar-refractivity contribution in [1.29, 1.82) is 0 Å². The van der Waals surface area contributed by atoms with Gasteiger partial charge in [-0.1, -0.05) is 39.0 Å². The Morgan fingerprint density at radius 1 is 1.03 bits per heavy atom. The van der Waals surface area contributed by atoms with E-state index < -0.39 is 23.6 Å². The third-order valence-corrected chi connectivity index (χ3v) is 11.5. The molecule has 0 radical (unpaired) electrons. The van der Waals surface area contributed by atoms with Gasteiger partial charge in [0.25, 0.3) is 0 Å². The van der Waals surface area contributed by atoms with E-state index in [1.54, 1.807) is 6.92 Å². The Bertz CT molecular complexity index is 1060. The lowest BCUT2D eigenvalue weighted by Crippen LogP contribution is -2.68. The van der Waals surface area contributed by atoms with Crippen molar-refractivity contribution in [3.8, 4) is 0 Å². The molecule has 8 atom stereocenters. The van der Waals surface area contributed by atoms with Crippen molar-refractivity contribution in [2.24, 2.45) is 33.5 Å². The molecule has 0 heterocycles. The predicted molar refractivity (Wildman–Crippen MR) is 130 cm³/mol. The Hall–Kier alpha value is -1.65. The zero-order chi connectivity index (χ0) is 24.1. The topological polar surface area (TPSA) is 77.8 Å². The van der Waals surface area contributed by atoms with Gasteiger partial charge in [-0.15, -0.1) is 0 Å². The van der Waals surface area contributed by atoms with Gasteiger partial charge < -0.3 is 15.3 Å². The molecule has 0 saturated heterocycles. The maximum atomic E-state index is 12.5. The molecule has 1 aromatic carbocycles. The van der Waals surface area contributed by atoms with Crippen LogP contribution in [0, 0.1) is 47.3 Å². The average Bonchev–Trinajstić information content (AvgIpc) is 2.74. The van der Waals surface area contributed by atoms with Gasteiger partial charge in [-0.2, -0.15) is 0 Å². The van der Waals surface area contributed by atoms with Crippen LogP contribution in [0.25, 0.3) is 5.57 Å². The lowest BCUT2D eigenvalue weighted by molar-refractivity contribution is -0.234. The molecule has 4 aliphatic carbocycles. The standard InChI is InChI=1S/C29H40O4/c1-16-7-8-18-11-13-27(4)19(23(18)17(16)2)9-10-21-26(3)15-20(30)24(31)29(6,25(32)33)22(26)12-14-28(21,27)5/h7-9,20-22,24,30-31H,10-15H2,1-6H3,(H,32,33)/t20-,21+,22-,24+,26-,27-,28-,29+/m1/s1. The number of hydrogen-bond acceptors (Lipinski definition) is 3. The second kappa shape index (κ2) is 6.95. The Morgan fingerprint density at radius 3 is 2.39 bits per heavy atom. The molecule has 4 nitrogen and oxygen atoms in total. The molecule has 4 aliphatic rings. The van der Waals surface area contributed by atoms with Gasteiger partial charge in [0.2, 0.25) is 0 Å². The summed E-state index contributed by atoms with van der Waals surface area (Å²) in [5.41, 5.74) is 5.47. The minimum atomic E-state index is -1.33. The SMILES string of the molecule is Cc1ccc2c(c1C)C1=CC[C@H]3[C@@]4(C)C[C@@H](O)[C@H](O)[C@@](C)(C(=O)O)[C@@H]4CC[C@@]3(C)[C@]1(C)CC2. The molecular weight excluding hydrogens is 412 g/mol. The Morgan fingerprint density at radius 2 is 1.73 bits per heavy atom. The van der Waals surface area contributed by atoms with Crippen LogP contribution in [0.15, 0.2) is 18.2 Å². The number of fused-ring (bicyclic) bond motifs is 7. The first-order valence-corrected chi connectivity index (χ1v) is 12.7. The molecule has 3 N–H and O–H groups in total. The first-order chi connectivity index (χ1) is 15.3. The third kappa shape index (κ3) is 2.63. The minimum Gasteiger partial charge on any atom is -0.481 e. The maximum Gasteiger partial charge on any atom is 0.312 e. The summed E-state index contributed by atoms with van der Waals surface area (Å²) in [5.74, 6) is -0.869. The molecule has 2 saturated carbocycles. The third-order valence-electron chi connectivity index (χ3n) is 11.5. The van der Waals surface area contributed by atoms with E-state index in [0.29, 0.717) is 6.42 Å². The second-order valence-corrected chi connectivity index (χ2v) is 12.6. The summed E-state index contributed by atoms with van der Waals surface area (Å²) >= 11 is 0. The van der Waals surface area contributed by atoms with Crippen molar-refractivity contribution < 1.29 is 20.1 Å². The predicted octanol–water partition coefficient (Wildman–Crippen LogP) is 5.30. The van der Waals surface area contributed by atoms with Crippen molar-refractivity contribution in [3.63, 3.8) is 0 Å². The number of rotatable bonds is 1. The summed E-state index contributed by atoms with van der Waals surface area (Å²) in [5, 5.41) is 32.0. The van der Waals surface area contributed by atoms with E-state index in [9.17, 15) is 20.1 Å². The van der Waals surface area contributed by atoms with Crippen molar-refractivity contribution in [2.45, 2.75) is 92.3 Å². The van der Waals surface area contributed by atoms with Crippen molar-refractivity contribution in [1.82, 2.24) is 0 Å². The van der Waals surface area contributed by atoms with Crippen LogP contribution in [-0.4, -0.2) is 33.5 Å². The number of allylic oxidation sites excluding steroid dienone is 2. The number of aryl methyl sites for hydroxylation is 2. The van der Waals surface area contributed by atoms with E-state index in [4.69, 9.17) is 0 Å². The second-order valence-electron chi connectivity index (χ2n) is 12.6. The molecule has 0 amide bonds. The highest BCUT2D eigenvalue weighted by atomic mass is 16.4. The molecule has 0 aliphatic heterocycles. The molecular formula is C29H40O4. The Kier molecular flexibility index (Phi) is 4.86. The van der Waals surface area contributed by atoms with E-state index in [-0.39, 0.29) is 28.1 Å². The van der Waals surface area contributed by atoms with Gasteiger partial charge >= 0.3 is 5.97 Å². The number of carboxylic acids is 1. The fraction of sp³-hybridized carbons (Fsp3) is 0.690. The number of aliphatic hydroxyl groups is 2. The largest absolute Gasteiger partial charge is 0.481 e. The monoisotopic (exact) mass is 452 g/mol. The molecule has 180 valence electrons. The van der Waals surface area contributed by atoms with Gasteiger partial charge in [-0.3, -0.25) is 4.79 Å². The highest BCUT2D eigenvalue weighted by Crippen LogP contribution is 2.73.